The van der Waals surface area contributed by atoms with Crippen molar-refractivity contribution in [2.45, 2.75) is 51.4 Å². The molecule has 1 saturated heterocycles. The molecule has 3 atom stereocenters. The lowest BCUT2D eigenvalue weighted by Crippen LogP contribution is -2.46. The van der Waals surface area contributed by atoms with E-state index in [-0.39, 0.29) is 6.61 Å². The Morgan fingerprint density at radius 1 is 1.21 bits per heavy atom. The van der Waals surface area contributed by atoms with Crippen molar-refractivity contribution in [3.05, 3.63) is 35.9 Å². The number of hydrogen-bond acceptors (Lipinski definition) is 4. The Balaban J connectivity index is 2.06. The third-order valence-corrected chi connectivity index (χ3v) is 3.45. The molecule has 0 bridgehead atoms. The Morgan fingerprint density at radius 2 is 1.83 bits per heavy atom. The first-order valence-electron chi connectivity index (χ1n) is 7.67. The lowest BCUT2D eigenvalue weighted by molar-refractivity contribution is -0.152. The molecule has 0 N–H and O–H groups in total. The summed E-state index contributed by atoms with van der Waals surface area (Å²) in [5.74, 6) is -0.989. The van der Waals surface area contributed by atoms with Crippen LogP contribution in [-0.4, -0.2) is 47.5 Å². The summed E-state index contributed by atoms with van der Waals surface area (Å²) in [6.45, 7) is 4.26. The highest BCUT2D eigenvalue weighted by Crippen LogP contribution is 2.27. The van der Waals surface area contributed by atoms with Crippen LogP contribution in [0.15, 0.2) is 30.3 Å². The highest BCUT2D eigenvalue weighted by Gasteiger charge is 2.51. The zero-order valence-corrected chi connectivity index (χ0v) is 13.9. The van der Waals surface area contributed by atoms with Gasteiger partial charge in [-0.3, -0.25) is 4.90 Å². The van der Waals surface area contributed by atoms with Gasteiger partial charge in [0.2, 0.25) is 0 Å². The lowest BCUT2D eigenvalue weighted by atomic mass is 10.2. The zero-order valence-electron chi connectivity index (χ0n) is 13.9. The maximum atomic E-state index is 14.1. The summed E-state index contributed by atoms with van der Waals surface area (Å²) < 4.78 is 37.9. The van der Waals surface area contributed by atoms with Gasteiger partial charge >= 0.3 is 12.1 Å². The summed E-state index contributed by atoms with van der Waals surface area (Å²) in [5.41, 5.74) is -0.129. The average molecular weight is 341 g/mol. The Morgan fingerprint density at radius 3 is 2.42 bits per heavy atom. The molecule has 7 heteroatoms. The van der Waals surface area contributed by atoms with Gasteiger partial charge in [0, 0.05) is 0 Å². The van der Waals surface area contributed by atoms with Crippen LogP contribution in [0.3, 0.4) is 0 Å². The van der Waals surface area contributed by atoms with Crippen molar-refractivity contribution < 1.29 is 27.8 Å². The van der Waals surface area contributed by atoms with Gasteiger partial charge in [0.05, 0.1) is 6.54 Å². The van der Waals surface area contributed by atoms with E-state index in [0.717, 1.165) is 4.90 Å². The number of rotatable bonds is 3. The van der Waals surface area contributed by atoms with Crippen LogP contribution in [-0.2, 0) is 20.9 Å². The molecule has 0 saturated carbocycles. The normalized spacial score (nSPS) is 23.9. The molecular weight excluding hydrogens is 320 g/mol. The van der Waals surface area contributed by atoms with Crippen LogP contribution in [0.25, 0.3) is 0 Å². The quantitative estimate of drug-likeness (QED) is 0.793. The van der Waals surface area contributed by atoms with Crippen LogP contribution >= 0.6 is 0 Å². The van der Waals surface area contributed by atoms with Crippen LogP contribution in [0, 0.1) is 0 Å². The molecule has 132 valence electrons. The van der Waals surface area contributed by atoms with Crippen LogP contribution in [0.2, 0.25) is 0 Å². The molecular formula is C17H21F2NO4. The minimum absolute atomic E-state index is 0.0813. The van der Waals surface area contributed by atoms with E-state index < -0.39 is 42.6 Å². The smallest absolute Gasteiger partial charge is 0.411 e. The molecule has 0 aromatic heterocycles. The van der Waals surface area contributed by atoms with Crippen molar-refractivity contribution in [3.8, 4) is 0 Å². The highest BCUT2D eigenvalue weighted by molar-refractivity contribution is 5.83. The van der Waals surface area contributed by atoms with Crippen LogP contribution in [0.4, 0.5) is 13.6 Å². The van der Waals surface area contributed by atoms with E-state index in [0.29, 0.717) is 5.56 Å². The fourth-order valence-electron chi connectivity index (χ4n) is 2.35. The van der Waals surface area contributed by atoms with Crippen molar-refractivity contribution in [3.63, 3.8) is 0 Å². The first-order valence-corrected chi connectivity index (χ1v) is 7.67. The van der Waals surface area contributed by atoms with Crippen molar-refractivity contribution in [1.82, 2.24) is 4.90 Å². The Bertz CT molecular complexity index is 588. The number of halogens is 2. The van der Waals surface area contributed by atoms with E-state index in [1.807, 2.05) is 0 Å². The van der Waals surface area contributed by atoms with Crippen molar-refractivity contribution in [1.29, 1.82) is 0 Å². The molecule has 1 amide bonds. The maximum Gasteiger partial charge on any atom is 0.411 e. The fraction of sp³-hybridized carbons (Fsp3) is 0.529. The second kappa shape index (κ2) is 7.15. The molecule has 0 radical (unpaired) electrons. The van der Waals surface area contributed by atoms with Gasteiger partial charge in [0.1, 0.15) is 12.2 Å². The molecule has 1 heterocycles. The minimum Gasteiger partial charge on any atom is -0.459 e. The third kappa shape index (κ3) is 4.43. The van der Waals surface area contributed by atoms with Gasteiger partial charge in [-0.15, -0.1) is 0 Å². The van der Waals surface area contributed by atoms with Crippen LogP contribution in [0.1, 0.15) is 26.3 Å². The van der Waals surface area contributed by atoms with Crippen molar-refractivity contribution in [2.24, 2.45) is 0 Å². The largest absolute Gasteiger partial charge is 0.459 e. The molecule has 0 unspecified atom stereocenters. The third-order valence-electron chi connectivity index (χ3n) is 3.45. The van der Waals surface area contributed by atoms with E-state index in [1.165, 1.54) is 0 Å². The topological polar surface area (TPSA) is 55.8 Å². The predicted octanol–water partition coefficient (Wildman–Crippen LogP) is 3.03. The predicted molar refractivity (Wildman–Crippen MR) is 82.8 cm³/mol. The van der Waals surface area contributed by atoms with E-state index in [2.05, 4.69) is 0 Å². The second-order valence-corrected chi connectivity index (χ2v) is 6.63. The molecule has 2 rings (SSSR count). The molecule has 1 fully saturated rings. The number of amides is 1. The molecule has 1 aromatic carbocycles. The SMILES string of the molecule is CC(C)(C)OC(=O)N1C[C@@H](F)[C@H](F)[C@H]1C(=O)OCc1ccccc1. The molecule has 5 nitrogen and oxygen atoms in total. The van der Waals surface area contributed by atoms with Crippen LogP contribution < -0.4 is 0 Å². The van der Waals surface area contributed by atoms with Gasteiger partial charge in [-0.05, 0) is 26.3 Å². The first-order chi connectivity index (χ1) is 11.2. The summed E-state index contributed by atoms with van der Waals surface area (Å²) in [6.07, 6.45) is -5.03. The van der Waals surface area contributed by atoms with E-state index in [1.54, 1.807) is 51.1 Å². The maximum absolute atomic E-state index is 14.1. The average Bonchev–Trinajstić information content (AvgIpc) is 2.80. The summed E-state index contributed by atoms with van der Waals surface area (Å²) in [5, 5.41) is 0. The number of nitrogens with zero attached hydrogens (tertiary/aromatic N) is 1. The lowest BCUT2D eigenvalue weighted by Gasteiger charge is -2.27. The summed E-state index contributed by atoms with van der Waals surface area (Å²) in [7, 11) is 0. The van der Waals surface area contributed by atoms with Crippen molar-refractivity contribution in [2.75, 3.05) is 6.54 Å². The molecule has 24 heavy (non-hydrogen) atoms. The second-order valence-electron chi connectivity index (χ2n) is 6.63. The van der Waals surface area contributed by atoms with E-state index in [9.17, 15) is 18.4 Å². The number of carbonyl (C=O) groups excluding carboxylic acids is 2. The molecule has 0 spiro atoms. The number of likely N-dealkylation sites (tertiary alicyclic amines) is 1. The molecule has 1 aliphatic rings. The van der Waals surface area contributed by atoms with Gasteiger partial charge in [0.25, 0.3) is 0 Å². The molecule has 1 aliphatic heterocycles. The number of hydrogen-bond donors (Lipinski definition) is 0. The standard InChI is InChI=1S/C17H21F2NO4/c1-17(2,3)24-16(22)20-9-12(18)13(19)14(20)15(21)23-10-11-7-5-4-6-8-11/h4-8,12-14H,9-10H2,1-3H3/t12-,13+,14+/m1/s1. The van der Waals surface area contributed by atoms with Gasteiger partial charge in [-0.25, -0.2) is 18.4 Å². The van der Waals surface area contributed by atoms with Gasteiger partial charge in [-0.1, -0.05) is 30.3 Å². The van der Waals surface area contributed by atoms with E-state index in [4.69, 9.17) is 9.47 Å². The number of benzene rings is 1. The first kappa shape index (κ1) is 18.2. The molecule has 1 aromatic rings. The summed E-state index contributed by atoms with van der Waals surface area (Å²) in [4.78, 5) is 25.0. The number of esters is 1. The Hall–Kier alpha value is -2.18. The van der Waals surface area contributed by atoms with Gasteiger partial charge in [-0.2, -0.15) is 0 Å². The fourth-order valence-corrected chi connectivity index (χ4v) is 2.35. The monoisotopic (exact) mass is 341 g/mol. The number of alkyl halides is 2. The Labute approximate surface area is 139 Å². The Kier molecular flexibility index (Phi) is 5.41. The zero-order chi connectivity index (χ0) is 17.9. The van der Waals surface area contributed by atoms with Crippen molar-refractivity contribution >= 4 is 12.1 Å². The highest BCUT2D eigenvalue weighted by atomic mass is 19.2. The van der Waals surface area contributed by atoms with Crippen LogP contribution in [0.5, 0.6) is 0 Å². The van der Waals surface area contributed by atoms with Gasteiger partial charge < -0.3 is 9.47 Å². The minimum atomic E-state index is -2.14. The number of ether oxygens (including phenoxy) is 2. The van der Waals surface area contributed by atoms with E-state index >= 15 is 0 Å². The van der Waals surface area contributed by atoms with Gasteiger partial charge in [0.15, 0.2) is 18.4 Å². The summed E-state index contributed by atoms with van der Waals surface area (Å²) >= 11 is 0. The molecule has 0 aliphatic carbocycles. The summed E-state index contributed by atoms with van der Waals surface area (Å²) in [6, 6.07) is 7.16. The number of carbonyl (C=O) groups is 2.